The van der Waals surface area contributed by atoms with Crippen LogP contribution < -0.4 is 15.0 Å². The summed E-state index contributed by atoms with van der Waals surface area (Å²) >= 11 is 0. The van der Waals surface area contributed by atoms with Crippen molar-refractivity contribution in [2.24, 2.45) is 0 Å². The lowest BCUT2D eigenvalue weighted by Crippen LogP contribution is -2.67. The van der Waals surface area contributed by atoms with E-state index in [-0.39, 0.29) is 18.2 Å². The van der Waals surface area contributed by atoms with Crippen LogP contribution in [0.1, 0.15) is 29.1 Å². The second kappa shape index (κ2) is 7.37. The summed E-state index contributed by atoms with van der Waals surface area (Å²) in [6, 6.07) is 16.6. The van der Waals surface area contributed by atoms with Crippen molar-refractivity contribution in [3.05, 3.63) is 77.2 Å². The van der Waals surface area contributed by atoms with Gasteiger partial charge in [0.25, 0.3) is 5.91 Å². The normalized spacial score (nSPS) is 18.1. The van der Waals surface area contributed by atoms with Crippen LogP contribution >= 0.6 is 0 Å². The molecule has 0 bridgehead atoms. The molecule has 2 heterocycles. The van der Waals surface area contributed by atoms with Gasteiger partial charge in [-0.25, -0.2) is 0 Å². The van der Waals surface area contributed by atoms with Crippen LogP contribution in [0.5, 0.6) is 5.75 Å². The van der Waals surface area contributed by atoms with E-state index in [4.69, 9.17) is 9.15 Å². The number of hydrogen-bond donors (Lipinski definition) is 1. The number of carbonyl (C=O) groups is 2. The fraction of sp³-hybridized carbons (Fsp3) is 0.250. The van der Waals surface area contributed by atoms with Gasteiger partial charge in [-0.3, -0.25) is 14.5 Å². The molecule has 1 saturated heterocycles. The lowest BCUT2D eigenvalue weighted by atomic mass is 9.79. The number of β-lactam (4-membered cyclic amide) rings is 1. The van der Waals surface area contributed by atoms with Gasteiger partial charge in [-0.05, 0) is 56.7 Å². The summed E-state index contributed by atoms with van der Waals surface area (Å²) in [6.45, 7) is 5.74. The molecule has 0 radical (unpaired) electrons. The Balaban J connectivity index is 1.82. The number of carbonyl (C=O) groups excluding carboxylic acids is 2. The molecule has 2 amide bonds. The first-order valence-corrected chi connectivity index (χ1v) is 9.78. The fourth-order valence-corrected chi connectivity index (χ4v) is 4.02. The average Bonchev–Trinajstić information content (AvgIpc) is 3.14. The zero-order chi connectivity index (χ0) is 21.5. The molecule has 4 rings (SSSR count). The molecule has 1 aromatic heterocycles. The fourth-order valence-electron chi connectivity index (χ4n) is 4.02. The minimum Gasteiger partial charge on any atom is -0.495 e. The second-order valence-corrected chi connectivity index (χ2v) is 7.62. The number of furan rings is 1. The van der Waals surface area contributed by atoms with Crippen LogP contribution in [0.3, 0.4) is 0 Å². The quantitative estimate of drug-likeness (QED) is 0.636. The Kier molecular flexibility index (Phi) is 4.86. The van der Waals surface area contributed by atoms with Gasteiger partial charge in [-0.1, -0.05) is 29.8 Å². The zero-order valence-corrected chi connectivity index (χ0v) is 17.5. The lowest BCUT2D eigenvalue weighted by Gasteiger charge is -2.49. The third kappa shape index (κ3) is 3.05. The highest BCUT2D eigenvalue weighted by molar-refractivity contribution is 6.17. The first kappa shape index (κ1) is 19.8. The van der Waals surface area contributed by atoms with E-state index in [0.717, 1.165) is 11.1 Å². The predicted octanol–water partition coefficient (Wildman–Crippen LogP) is 4.48. The van der Waals surface area contributed by atoms with E-state index in [0.29, 0.717) is 28.6 Å². The van der Waals surface area contributed by atoms with Crippen molar-refractivity contribution in [2.75, 3.05) is 17.3 Å². The summed E-state index contributed by atoms with van der Waals surface area (Å²) in [5.74, 6) is 1.17. The Hall–Kier alpha value is -3.54. The summed E-state index contributed by atoms with van der Waals surface area (Å²) in [5.41, 5.74) is 1.96. The van der Waals surface area contributed by atoms with Crippen LogP contribution in [0.15, 0.2) is 59.0 Å². The van der Waals surface area contributed by atoms with Crippen LogP contribution in [0.4, 0.5) is 11.4 Å². The summed E-state index contributed by atoms with van der Waals surface area (Å²) < 4.78 is 11.3. The molecular weight excluding hydrogens is 380 g/mol. The Labute approximate surface area is 175 Å². The smallest absolute Gasteiger partial charge is 0.259 e. The Morgan fingerprint density at radius 2 is 1.87 bits per heavy atom. The number of hydrogen-bond acceptors (Lipinski definition) is 4. The van der Waals surface area contributed by atoms with E-state index in [1.807, 2.05) is 51.1 Å². The second-order valence-electron chi connectivity index (χ2n) is 7.62. The largest absolute Gasteiger partial charge is 0.495 e. The highest BCUT2D eigenvalue weighted by Gasteiger charge is 2.61. The maximum Gasteiger partial charge on any atom is 0.259 e. The van der Waals surface area contributed by atoms with Crippen molar-refractivity contribution in [1.29, 1.82) is 0 Å². The van der Waals surface area contributed by atoms with Gasteiger partial charge in [-0.2, -0.15) is 0 Å². The summed E-state index contributed by atoms with van der Waals surface area (Å²) in [4.78, 5) is 28.1. The van der Waals surface area contributed by atoms with E-state index >= 15 is 0 Å². The van der Waals surface area contributed by atoms with Gasteiger partial charge in [-0.15, -0.1) is 0 Å². The van der Waals surface area contributed by atoms with Crippen LogP contribution in [0, 0.1) is 20.8 Å². The molecule has 30 heavy (non-hydrogen) atoms. The number of benzene rings is 2. The molecule has 1 aliphatic heterocycles. The van der Waals surface area contributed by atoms with Crippen molar-refractivity contribution < 1.29 is 18.7 Å². The van der Waals surface area contributed by atoms with E-state index in [1.54, 1.807) is 36.3 Å². The molecular formula is C24H24N2O4. The van der Waals surface area contributed by atoms with Crippen molar-refractivity contribution in [2.45, 2.75) is 32.7 Å². The topological polar surface area (TPSA) is 71.8 Å². The monoisotopic (exact) mass is 404 g/mol. The average molecular weight is 404 g/mol. The molecule has 1 N–H and O–H groups in total. The SMILES string of the molecule is COc1ccccc1NC(=O)[C@]1(c2ccc(C)o2)CC(=O)N1c1ccc(C)cc1C. The number of rotatable bonds is 5. The minimum atomic E-state index is -1.27. The Morgan fingerprint density at radius 3 is 2.50 bits per heavy atom. The molecule has 6 nitrogen and oxygen atoms in total. The molecule has 0 saturated carbocycles. The summed E-state index contributed by atoms with van der Waals surface area (Å²) in [6.07, 6.45) is 0.0221. The molecule has 6 heteroatoms. The van der Waals surface area contributed by atoms with E-state index < -0.39 is 5.54 Å². The molecule has 0 aliphatic carbocycles. The number of nitrogens with one attached hydrogen (secondary N) is 1. The van der Waals surface area contributed by atoms with Gasteiger partial charge in [0.15, 0.2) is 5.54 Å². The van der Waals surface area contributed by atoms with Gasteiger partial charge in [0.1, 0.15) is 17.3 Å². The van der Waals surface area contributed by atoms with Gasteiger partial charge in [0.2, 0.25) is 5.91 Å². The van der Waals surface area contributed by atoms with E-state index in [2.05, 4.69) is 5.32 Å². The van der Waals surface area contributed by atoms with Crippen LogP contribution in [-0.2, 0) is 15.1 Å². The number of anilines is 2. The van der Waals surface area contributed by atoms with Gasteiger partial charge < -0.3 is 14.5 Å². The number of aryl methyl sites for hydroxylation is 3. The minimum absolute atomic E-state index is 0.0221. The number of methoxy groups -OCH3 is 1. The van der Waals surface area contributed by atoms with Crippen LogP contribution in [-0.4, -0.2) is 18.9 Å². The first-order chi connectivity index (χ1) is 14.4. The standard InChI is InChI=1S/C24H24N2O4/c1-15-9-11-19(16(2)13-15)26-22(27)14-24(26,21-12-10-17(3)30-21)23(28)25-18-7-5-6-8-20(18)29-4/h5-13H,14H2,1-4H3,(H,25,28)/t24-/m1/s1. The van der Waals surface area contributed by atoms with E-state index in [9.17, 15) is 9.59 Å². The van der Waals surface area contributed by atoms with Gasteiger partial charge in [0, 0.05) is 5.69 Å². The van der Waals surface area contributed by atoms with Gasteiger partial charge in [0.05, 0.1) is 19.2 Å². The van der Waals surface area contributed by atoms with Crippen LogP contribution in [0.25, 0.3) is 0 Å². The molecule has 1 atom stereocenters. The van der Waals surface area contributed by atoms with Crippen LogP contribution in [0.2, 0.25) is 0 Å². The highest BCUT2D eigenvalue weighted by Crippen LogP contribution is 2.47. The first-order valence-electron chi connectivity index (χ1n) is 9.78. The maximum atomic E-state index is 13.7. The number of nitrogens with zero attached hydrogens (tertiary/aromatic N) is 1. The lowest BCUT2D eigenvalue weighted by molar-refractivity contribution is -0.138. The zero-order valence-electron chi connectivity index (χ0n) is 17.5. The molecule has 0 spiro atoms. The molecule has 1 aliphatic rings. The van der Waals surface area contributed by atoms with Gasteiger partial charge >= 0.3 is 0 Å². The number of para-hydroxylation sites is 2. The predicted molar refractivity (Wildman–Crippen MR) is 115 cm³/mol. The highest BCUT2D eigenvalue weighted by atomic mass is 16.5. The molecule has 3 aromatic rings. The maximum absolute atomic E-state index is 13.7. The molecule has 0 unspecified atom stereocenters. The van der Waals surface area contributed by atoms with E-state index in [1.165, 1.54) is 0 Å². The Bertz CT molecular complexity index is 1130. The number of ether oxygens (including phenoxy) is 1. The number of amides is 2. The molecule has 2 aromatic carbocycles. The molecule has 1 fully saturated rings. The van der Waals surface area contributed by atoms with Crippen molar-refractivity contribution in [3.63, 3.8) is 0 Å². The van der Waals surface area contributed by atoms with Crippen molar-refractivity contribution >= 4 is 23.2 Å². The third-order valence-corrected chi connectivity index (χ3v) is 5.51. The summed E-state index contributed by atoms with van der Waals surface area (Å²) in [7, 11) is 1.55. The van der Waals surface area contributed by atoms with Crippen molar-refractivity contribution in [3.8, 4) is 5.75 Å². The molecule has 154 valence electrons. The summed E-state index contributed by atoms with van der Waals surface area (Å²) in [5, 5.41) is 2.95. The van der Waals surface area contributed by atoms with Crippen molar-refractivity contribution in [1.82, 2.24) is 0 Å². The Morgan fingerprint density at radius 1 is 1.10 bits per heavy atom. The third-order valence-electron chi connectivity index (χ3n) is 5.51.